The van der Waals surface area contributed by atoms with E-state index in [2.05, 4.69) is 27.5 Å². The molecule has 2 heterocycles. The summed E-state index contributed by atoms with van der Waals surface area (Å²) < 4.78 is 6.71. The van der Waals surface area contributed by atoms with Crippen LogP contribution in [0.1, 0.15) is 12.5 Å². The lowest BCUT2D eigenvalue weighted by Gasteiger charge is -2.10. The molecule has 0 bridgehead atoms. The number of hydrogen-bond donors (Lipinski definition) is 2. The van der Waals surface area contributed by atoms with Crippen LogP contribution in [0.4, 0.5) is 5.69 Å². The second-order valence-electron chi connectivity index (χ2n) is 6.89. The average Bonchev–Trinajstić information content (AvgIpc) is 3.25. The van der Waals surface area contributed by atoms with Crippen LogP contribution in [0.3, 0.4) is 0 Å². The number of methoxy groups -OCH3 is 1. The van der Waals surface area contributed by atoms with Gasteiger partial charge in [0.1, 0.15) is 11.3 Å². The van der Waals surface area contributed by atoms with Gasteiger partial charge in [-0.1, -0.05) is 54.6 Å². The first kappa shape index (κ1) is 21.9. The second-order valence-corrected chi connectivity index (χ2v) is 8.27. The summed E-state index contributed by atoms with van der Waals surface area (Å²) in [5, 5.41) is 14.7. The van der Waals surface area contributed by atoms with Gasteiger partial charge in [0, 0.05) is 10.6 Å². The van der Waals surface area contributed by atoms with Crippen molar-refractivity contribution in [1.82, 2.24) is 19.8 Å². The molecule has 32 heavy (non-hydrogen) atoms. The Bertz CT molecular complexity index is 1330. The van der Waals surface area contributed by atoms with Gasteiger partial charge >= 0.3 is 0 Å². The third-order valence-corrected chi connectivity index (χ3v) is 5.97. The van der Waals surface area contributed by atoms with Crippen molar-refractivity contribution in [3.63, 3.8) is 0 Å². The maximum Gasteiger partial charge on any atom is 0.290 e. The predicted molar refractivity (Wildman–Crippen MR) is 126 cm³/mol. The van der Waals surface area contributed by atoms with Crippen LogP contribution in [0.2, 0.25) is 5.02 Å². The molecule has 0 saturated carbocycles. The fourth-order valence-corrected chi connectivity index (χ4v) is 4.01. The van der Waals surface area contributed by atoms with Gasteiger partial charge in [0.2, 0.25) is 11.1 Å². The van der Waals surface area contributed by atoms with Crippen molar-refractivity contribution in [2.24, 2.45) is 0 Å². The van der Waals surface area contributed by atoms with E-state index in [-0.39, 0.29) is 17.2 Å². The number of H-pyrrole nitrogens is 1. The van der Waals surface area contributed by atoms with Crippen molar-refractivity contribution >= 4 is 40.5 Å². The molecule has 2 aromatic carbocycles. The molecule has 0 spiro atoms. The fraction of sp³-hybridized carbons (Fsp3) is 0.182. The van der Waals surface area contributed by atoms with Crippen LogP contribution in [0, 0.1) is 0 Å². The average molecular weight is 470 g/mol. The van der Waals surface area contributed by atoms with Gasteiger partial charge in [0.15, 0.2) is 0 Å². The summed E-state index contributed by atoms with van der Waals surface area (Å²) in [5.41, 5.74) is 3.24. The number of hydrogen-bond acceptors (Lipinski definition) is 6. The third kappa shape index (κ3) is 4.63. The number of halogens is 1. The van der Waals surface area contributed by atoms with E-state index >= 15 is 0 Å². The molecule has 10 heteroatoms. The number of benzene rings is 2. The number of ether oxygens (including phenoxy) is 1. The van der Waals surface area contributed by atoms with Crippen molar-refractivity contribution in [2.75, 3.05) is 18.2 Å². The first-order valence-corrected chi connectivity index (χ1v) is 11.2. The Balaban J connectivity index is 1.55. The number of rotatable bonds is 7. The quantitative estimate of drug-likeness (QED) is 0.396. The van der Waals surface area contributed by atoms with Gasteiger partial charge in [-0.15, -0.1) is 5.10 Å². The Morgan fingerprint density at radius 3 is 2.72 bits per heavy atom. The standard InChI is InChI=1S/C22H20ClN5O3S/c1-3-13-4-6-14(7-5-13)16-11-18-21(30)25-26-22(28(18)27-16)32-12-20(29)24-17-10-15(23)8-9-19(17)31-2/h4-11H,3,12H2,1-2H3,(H,24,29)(H,25,30). The van der Waals surface area contributed by atoms with E-state index in [9.17, 15) is 9.59 Å². The summed E-state index contributed by atoms with van der Waals surface area (Å²) in [6, 6.07) is 14.7. The molecule has 1 amide bonds. The molecular formula is C22H20ClN5O3S. The molecule has 2 aromatic heterocycles. The van der Waals surface area contributed by atoms with Gasteiger partial charge in [0.25, 0.3) is 5.56 Å². The predicted octanol–water partition coefficient (Wildman–Crippen LogP) is 4.04. The lowest BCUT2D eigenvalue weighted by atomic mass is 10.1. The zero-order valence-corrected chi connectivity index (χ0v) is 19.0. The summed E-state index contributed by atoms with van der Waals surface area (Å²) >= 11 is 7.16. The molecule has 0 aliphatic carbocycles. The van der Waals surface area contributed by atoms with Crippen LogP contribution in [-0.2, 0) is 11.2 Å². The summed E-state index contributed by atoms with van der Waals surface area (Å²) in [7, 11) is 1.51. The highest BCUT2D eigenvalue weighted by Crippen LogP contribution is 2.28. The van der Waals surface area contributed by atoms with Crippen molar-refractivity contribution in [2.45, 2.75) is 18.5 Å². The largest absolute Gasteiger partial charge is 0.495 e. The Labute approximate surface area is 192 Å². The first-order chi connectivity index (χ1) is 15.5. The Morgan fingerprint density at radius 2 is 2.00 bits per heavy atom. The van der Waals surface area contributed by atoms with Gasteiger partial charge in [0.05, 0.1) is 24.2 Å². The number of carbonyl (C=O) groups excluding carboxylic acids is 1. The molecule has 8 nitrogen and oxygen atoms in total. The SMILES string of the molecule is CCc1ccc(-c2cc3c(=O)[nH]nc(SCC(=O)Nc4cc(Cl)ccc4OC)n3n2)cc1. The van der Waals surface area contributed by atoms with E-state index in [1.807, 2.05) is 24.3 Å². The van der Waals surface area contributed by atoms with Crippen LogP contribution in [0.25, 0.3) is 16.8 Å². The molecule has 0 aliphatic rings. The van der Waals surface area contributed by atoms with E-state index in [0.717, 1.165) is 23.7 Å². The molecule has 0 unspecified atom stereocenters. The number of aryl methyl sites for hydroxylation is 1. The highest BCUT2D eigenvalue weighted by atomic mass is 35.5. The van der Waals surface area contributed by atoms with Crippen LogP contribution >= 0.6 is 23.4 Å². The van der Waals surface area contributed by atoms with Crippen molar-refractivity contribution in [3.05, 3.63) is 69.5 Å². The van der Waals surface area contributed by atoms with Gasteiger partial charge < -0.3 is 10.1 Å². The number of aromatic amines is 1. The molecule has 0 radical (unpaired) electrons. The van der Waals surface area contributed by atoms with E-state index in [1.54, 1.807) is 24.3 Å². The van der Waals surface area contributed by atoms with Crippen molar-refractivity contribution in [1.29, 1.82) is 0 Å². The minimum absolute atomic E-state index is 0.0458. The van der Waals surface area contributed by atoms with Crippen molar-refractivity contribution < 1.29 is 9.53 Å². The maximum absolute atomic E-state index is 12.5. The number of amides is 1. The number of carbonyl (C=O) groups is 1. The summed E-state index contributed by atoms with van der Waals surface area (Å²) in [5.74, 6) is 0.270. The van der Waals surface area contributed by atoms with E-state index in [1.165, 1.54) is 17.2 Å². The zero-order chi connectivity index (χ0) is 22.7. The first-order valence-electron chi connectivity index (χ1n) is 9.82. The number of aromatic nitrogens is 4. The van der Waals surface area contributed by atoms with E-state index in [4.69, 9.17) is 16.3 Å². The molecule has 4 aromatic rings. The topological polar surface area (TPSA) is 101 Å². The molecule has 2 N–H and O–H groups in total. The molecule has 0 fully saturated rings. The zero-order valence-electron chi connectivity index (χ0n) is 17.4. The molecule has 0 aliphatic heterocycles. The molecule has 164 valence electrons. The van der Waals surface area contributed by atoms with Gasteiger partial charge in [-0.05, 0) is 36.2 Å². The molecular weight excluding hydrogens is 450 g/mol. The number of fused-ring (bicyclic) bond motifs is 1. The molecule has 0 saturated heterocycles. The minimum atomic E-state index is -0.355. The third-order valence-electron chi connectivity index (χ3n) is 4.80. The minimum Gasteiger partial charge on any atom is -0.495 e. The highest BCUT2D eigenvalue weighted by Gasteiger charge is 2.15. The summed E-state index contributed by atoms with van der Waals surface area (Å²) in [6.07, 6.45) is 0.943. The summed E-state index contributed by atoms with van der Waals surface area (Å²) in [6.45, 7) is 2.09. The normalized spacial score (nSPS) is 11.0. The van der Waals surface area contributed by atoms with Crippen LogP contribution in [0.5, 0.6) is 5.75 Å². The lowest BCUT2D eigenvalue weighted by Crippen LogP contribution is -2.17. The number of nitrogens with zero attached hydrogens (tertiary/aromatic N) is 3. The second kappa shape index (κ2) is 9.46. The van der Waals surface area contributed by atoms with Crippen LogP contribution in [0.15, 0.2) is 58.5 Å². The Hall–Kier alpha value is -3.30. The maximum atomic E-state index is 12.5. The lowest BCUT2D eigenvalue weighted by molar-refractivity contribution is -0.113. The van der Waals surface area contributed by atoms with E-state index in [0.29, 0.717) is 32.8 Å². The molecule has 0 atom stereocenters. The highest BCUT2D eigenvalue weighted by molar-refractivity contribution is 7.99. The monoisotopic (exact) mass is 469 g/mol. The molecule has 4 rings (SSSR count). The van der Waals surface area contributed by atoms with Gasteiger partial charge in [-0.2, -0.15) is 5.10 Å². The number of thioether (sulfide) groups is 1. The van der Waals surface area contributed by atoms with Gasteiger partial charge in [-0.3, -0.25) is 9.59 Å². The smallest absolute Gasteiger partial charge is 0.290 e. The van der Waals surface area contributed by atoms with E-state index < -0.39 is 0 Å². The van der Waals surface area contributed by atoms with Crippen LogP contribution < -0.4 is 15.6 Å². The van der Waals surface area contributed by atoms with Crippen LogP contribution in [-0.4, -0.2) is 38.6 Å². The number of anilines is 1. The Kier molecular flexibility index (Phi) is 6.48. The fourth-order valence-electron chi connectivity index (χ4n) is 3.13. The van der Waals surface area contributed by atoms with Gasteiger partial charge in [-0.25, -0.2) is 9.61 Å². The van der Waals surface area contributed by atoms with Crippen molar-refractivity contribution in [3.8, 4) is 17.0 Å². The number of nitrogens with one attached hydrogen (secondary N) is 2. The summed E-state index contributed by atoms with van der Waals surface area (Å²) in [4.78, 5) is 24.8. The Morgan fingerprint density at radius 1 is 1.22 bits per heavy atom.